The highest BCUT2D eigenvalue weighted by atomic mass is 35.5. The van der Waals surface area contributed by atoms with Crippen LogP contribution in [0.5, 0.6) is 0 Å². The minimum absolute atomic E-state index is 0.0152. The molecule has 5 rings (SSSR count). The second kappa shape index (κ2) is 9.49. The second-order valence-electron chi connectivity index (χ2n) is 10.1. The van der Waals surface area contributed by atoms with Crippen LogP contribution in [0.4, 0.5) is 11.8 Å². The number of piperidine rings is 2. The van der Waals surface area contributed by atoms with Crippen LogP contribution in [0, 0.1) is 11.8 Å². The monoisotopic (exact) mass is 467 g/mol. The van der Waals surface area contributed by atoms with Crippen LogP contribution < -0.4 is 9.80 Å². The summed E-state index contributed by atoms with van der Waals surface area (Å²) in [5.74, 6) is 3.42. The van der Waals surface area contributed by atoms with Gasteiger partial charge in [-0.3, -0.25) is 4.79 Å². The van der Waals surface area contributed by atoms with Crippen molar-refractivity contribution < 1.29 is 4.79 Å². The summed E-state index contributed by atoms with van der Waals surface area (Å²) in [6.45, 7) is 9.92. The molecule has 2 saturated heterocycles. The second-order valence-corrected chi connectivity index (χ2v) is 10.5. The van der Waals surface area contributed by atoms with E-state index in [-0.39, 0.29) is 5.91 Å². The Labute approximate surface area is 201 Å². The molecule has 1 aromatic carbocycles. The molecule has 1 amide bonds. The van der Waals surface area contributed by atoms with Gasteiger partial charge in [-0.1, -0.05) is 37.6 Å². The highest BCUT2D eigenvalue weighted by Gasteiger charge is 2.31. The van der Waals surface area contributed by atoms with Crippen LogP contribution in [0.3, 0.4) is 0 Å². The molecule has 0 N–H and O–H groups in total. The third-order valence-corrected chi connectivity index (χ3v) is 7.90. The Bertz CT molecular complexity index is 1010. The summed E-state index contributed by atoms with van der Waals surface area (Å²) in [6.07, 6.45) is 5.49. The van der Waals surface area contributed by atoms with E-state index in [0.29, 0.717) is 23.7 Å². The summed E-state index contributed by atoms with van der Waals surface area (Å²) in [5, 5.41) is 0.504. The highest BCUT2D eigenvalue weighted by molar-refractivity contribution is 6.33. The Morgan fingerprint density at radius 1 is 0.909 bits per heavy atom. The molecule has 3 aliphatic rings. The molecular formula is C26H34ClN5O. The third kappa shape index (κ3) is 4.68. The minimum atomic E-state index is -0.0152. The van der Waals surface area contributed by atoms with E-state index in [0.717, 1.165) is 67.5 Å². The van der Waals surface area contributed by atoms with Gasteiger partial charge in [-0.05, 0) is 49.7 Å². The molecule has 0 atom stereocenters. The number of carbonyl (C=O) groups excluding carboxylic acids is 1. The molecule has 0 unspecified atom stereocenters. The molecule has 1 aromatic heterocycles. The summed E-state index contributed by atoms with van der Waals surface area (Å²) >= 11 is 6.34. The van der Waals surface area contributed by atoms with Gasteiger partial charge in [0, 0.05) is 44.7 Å². The van der Waals surface area contributed by atoms with E-state index in [4.69, 9.17) is 21.6 Å². The number of hydrogen-bond donors (Lipinski definition) is 0. The first kappa shape index (κ1) is 22.5. The summed E-state index contributed by atoms with van der Waals surface area (Å²) < 4.78 is 0. The number of benzene rings is 1. The Kier molecular flexibility index (Phi) is 6.46. The van der Waals surface area contributed by atoms with E-state index in [1.807, 2.05) is 23.1 Å². The van der Waals surface area contributed by atoms with Crippen molar-refractivity contribution in [3.05, 3.63) is 46.1 Å². The first-order valence-corrected chi connectivity index (χ1v) is 12.8. The molecule has 3 aliphatic heterocycles. The number of rotatable bonds is 3. The third-order valence-electron chi connectivity index (χ3n) is 7.57. The predicted molar refractivity (Wildman–Crippen MR) is 133 cm³/mol. The van der Waals surface area contributed by atoms with Gasteiger partial charge in [-0.15, -0.1) is 0 Å². The standard InChI is InChI=1S/C26H34ClN5O/c1-18-7-12-30(13-8-18)24-21-17-32(25(33)20-5-3-4-6-22(20)27)16-11-23(21)28-26(29-24)31-14-9-19(2)10-15-31/h3-6,18-19H,7-17H2,1-2H3. The number of carbonyl (C=O) groups is 1. The predicted octanol–water partition coefficient (Wildman–Crippen LogP) is 4.80. The SMILES string of the molecule is CC1CCN(c2nc3c(c(N4CCC(C)CC4)n2)CN(C(=O)c2ccccc2Cl)CC3)CC1. The van der Waals surface area contributed by atoms with Gasteiger partial charge < -0.3 is 14.7 Å². The smallest absolute Gasteiger partial charge is 0.255 e. The van der Waals surface area contributed by atoms with E-state index >= 15 is 0 Å². The molecule has 6 nitrogen and oxygen atoms in total. The fraction of sp³-hybridized carbons (Fsp3) is 0.577. The van der Waals surface area contributed by atoms with Crippen LogP contribution in [0.2, 0.25) is 5.02 Å². The maximum Gasteiger partial charge on any atom is 0.255 e. The average molecular weight is 468 g/mol. The van der Waals surface area contributed by atoms with Gasteiger partial charge >= 0.3 is 0 Å². The van der Waals surface area contributed by atoms with E-state index in [9.17, 15) is 4.79 Å². The van der Waals surface area contributed by atoms with Crippen LogP contribution in [-0.2, 0) is 13.0 Å². The molecule has 33 heavy (non-hydrogen) atoms. The fourth-order valence-electron chi connectivity index (χ4n) is 5.19. The molecule has 7 heteroatoms. The number of amides is 1. The first-order chi connectivity index (χ1) is 16.0. The van der Waals surface area contributed by atoms with Gasteiger partial charge in [0.15, 0.2) is 0 Å². The van der Waals surface area contributed by atoms with Gasteiger partial charge in [-0.2, -0.15) is 4.98 Å². The van der Waals surface area contributed by atoms with E-state index < -0.39 is 0 Å². The zero-order valence-corrected chi connectivity index (χ0v) is 20.5. The number of hydrogen-bond acceptors (Lipinski definition) is 5. The van der Waals surface area contributed by atoms with Gasteiger partial charge in [0.1, 0.15) is 5.82 Å². The number of fused-ring (bicyclic) bond motifs is 1. The summed E-state index contributed by atoms with van der Waals surface area (Å²) in [7, 11) is 0. The van der Waals surface area contributed by atoms with Crippen molar-refractivity contribution in [1.29, 1.82) is 0 Å². The lowest BCUT2D eigenvalue weighted by atomic mass is 9.97. The molecule has 2 aromatic rings. The van der Waals surface area contributed by atoms with Crippen molar-refractivity contribution in [2.75, 3.05) is 42.5 Å². The lowest BCUT2D eigenvalue weighted by Crippen LogP contribution is -2.41. The fourth-order valence-corrected chi connectivity index (χ4v) is 5.41. The molecular weight excluding hydrogens is 434 g/mol. The Hall–Kier alpha value is -2.34. The molecule has 2 fully saturated rings. The van der Waals surface area contributed by atoms with E-state index in [1.165, 1.54) is 25.7 Å². The van der Waals surface area contributed by atoms with Crippen molar-refractivity contribution in [2.24, 2.45) is 11.8 Å². The number of anilines is 2. The number of nitrogens with zero attached hydrogens (tertiary/aromatic N) is 5. The van der Waals surface area contributed by atoms with Crippen LogP contribution in [0.1, 0.15) is 61.1 Å². The largest absolute Gasteiger partial charge is 0.356 e. The highest BCUT2D eigenvalue weighted by Crippen LogP contribution is 2.33. The summed E-state index contributed by atoms with van der Waals surface area (Å²) in [5.41, 5.74) is 2.79. The van der Waals surface area contributed by atoms with Crippen LogP contribution >= 0.6 is 11.6 Å². The summed E-state index contributed by atoms with van der Waals surface area (Å²) in [4.78, 5) is 30.2. The molecule has 176 valence electrons. The zero-order valence-electron chi connectivity index (χ0n) is 19.8. The van der Waals surface area contributed by atoms with Crippen LogP contribution in [0.25, 0.3) is 0 Å². The Morgan fingerprint density at radius 2 is 1.55 bits per heavy atom. The van der Waals surface area contributed by atoms with E-state index in [1.54, 1.807) is 6.07 Å². The molecule has 0 saturated carbocycles. The van der Waals surface area contributed by atoms with Crippen LogP contribution in [-0.4, -0.2) is 53.5 Å². The van der Waals surface area contributed by atoms with Crippen molar-refractivity contribution >= 4 is 29.3 Å². The molecule has 4 heterocycles. The quantitative estimate of drug-likeness (QED) is 0.648. The number of halogens is 1. The summed E-state index contributed by atoms with van der Waals surface area (Å²) in [6, 6.07) is 7.31. The Morgan fingerprint density at radius 3 is 2.21 bits per heavy atom. The van der Waals surface area contributed by atoms with Crippen molar-refractivity contribution in [2.45, 2.75) is 52.5 Å². The van der Waals surface area contributed by atoms with Gasteiger partial charge in [0.05, 0.1) is 22.8 Å². The molecule has 0 radical (unpaired) electrons. The maximum atomic E-state index is 13.3. The van der Waals surface area contributed by atoms with Gasteiger partial charge in [-0.25, -0.2) is 4.98 Å². The molecule has 0 aliphatic carbocycles. The average Bonchev–Trinajstić information content (AvgIpc) is 2.84. The number of aromatic nitrogens is 2. The Balaban J connectivity index is 1.47. The zero-order chi connectivity index (χ0) is 22.9. The van der Waals surface area contributed by atoms with E-state index in [2.05, 4.69) is 23.6 Å². The maximum absolute atomic E-state index is 13.3. The van der Waals surface area contributed by atoms with Crippen molar-refractivity contribution in [3.8, 4) is 0 Å². The first-order valence-electron chi connectivity index (χ1n) is 12.4. The molecule has 0 spiro atoms. The lowest BCUT2D eigenvalue weighted by molar-refractivity contribution is 0.0734. The van der Waals surface area contributed by atoms with Gasteiger partial charge in [0.2, 0.25) is 5.95 Å². The molecule has 0 bridgehead atoms. The van der Waals surface area contributed by atoms with Crippen LogP contribution in [0.15, 0.2) is 24.3 Å². The van der Waals surface area contributed by atoms with Crippen molar-refractivity contribution in [3.63, 3.8) is 0 Å². The minimum Gasteiger partial charge on any atom is -0.356 e. The normalized spacial score (nSPS) is 20.2. The lowest BCUT2D eigenvalue weighted by Gasteiger charge is -2.37. The van der Waals surface area contributed by atoms with Crippen molar-refractivity contribution in [1.82, 2.24) is 14.9 Å². The topological polar surface area (TPSA) is 52.6 Å². The van der Waals surface area contributed by atoms with Gasteiger partial charge in [0.25, 0.3) is 5.91 Å².